The van der Waals surface area contributed by atoms with Crippen molar-refractivity contribution < 1.29 is 17.3 Å². The van der Waals surface area contributed by atoms with Gasteiger partial charge >= 0.3 is 10.4 Å². The molecule has 0 aromatic rings. The van der Waals surface area contributed by atoms with Crippen LogP contribution in [0.4, 0.5) is 0 Å². The monoisotopic (exact) mass is 204 g/mol. The third-order valence-corrected chi connectivity index (χ3v) is 2.26. The standard InChI is InChI=1S/C6H8N2O4S/c9-13(10,11)12-8-5-7-3-1-2-6(8)4-7/h6H,3-5H2,(H,9,10,11). The Balaban J connectivity index is 2.09. The lowest BCUT2D eigenvalue weighted by Gasteiger charge is -2.14. The number of hydroxylamine groups is 2. The fourth-order valence-electron chi connectivity index (χ4n) is 1.39. The summed E-state index contributed by atoms with van der Waals surface area (Å²) in [6, 6.07) is -0.254. The average molecular weight is 204 g/mol. The molecule has 2 rings (SSSR count). The summed E-state index contributed by atoms with van der Waals surface area (Å²) in [6.45, 7) is 1.61. The maximum Gasteiger partial charge on any atom is 0.413 e. The van der Waals surface area contributed by atoms with E-state index in [2.05, 4.69) is 16.1 Å². The molecule has 1 N–H and O–H groups in total. The van der Waals surface area contributed by atoms with Gasteiger partial charge in [-0.1, -0.05) is 11.8 Å². The minimum Gasteiger partial charge on any atom is -0.275 e. The molecule has 0 amide bonds. The highest BCUT2D eigenvalue weighted by molar-refractivity contribution is 7.80. The first-order valence-corrected chi connectivity index (χ1v) is 5.05. The molecule has 2 aliphatic rings. The van der Waals surface area contributed by atoms with Gasteiger partial charge in [-0.05, 0) is 0 Å². The van der Waals surface area contributed by atoms with Gasteiger partial charge in [0.25, 0.3) is 0 Å². The minimum absolute atomic E-state index is 0.254. The SMILES string of the molecule is O=S(=O)(O)ON1CN2CC#CC1C2. The molecule has 2 atom stereocenters. The van der Waals surface area contributed by atoms with E-state index < -0.39 is 10.4 Å². The van der Waals surface area contributed by atoms with Crippen LogP contribution < -0.4 is 0 Å². The molecule has 72 valence electrons. The van der Waals surface area contributed by atoms with Crippen molar-refractivity contribution in [3.8, 4) is 11.8 Å². The number of rotatable bonds is 2. The second kappa shape index (κ2) is 2.94. The van der Waals surface area contributed by atoms with Crippen LogP contribution in [0.3, 0.4) is 0 Å². The zero-order valence-electron chi connectivity index (χ0n) is 6.67. The maximum atomic E-state index is 10.4. The van der Waals surface area contributed by atoms with E-state index >= 15 is 0 Å². The van der Waals surface area contributed by atoms with E-state index in [-0.39, 0.29) is 6.04 Å². The fraction of sp³-hybridized carbons (Fsp3) is 0.667. The number of hydrogen-bond donors (Lipinski definition) is 1. The van der Waals surface area contributed by atoms with Gasteiger partial charge in [0.1, 0.15) is 6.04 Å². The second-order valence-electron chi connectivity index (χ2n) is 2.91. The van der Waals surface area contributed by atoms with Crippen LogP contribution in [-0.2, 0) is 14.7 Å². The second-order valence-corrected chi connectivity index (χ2v) is 3.91. The van der Waals surface area contributed by atoms with Crippen molar-refractivity contribution in [1.82, 2.24) is 9.96 Å². The summed E-state index contributed by atoms with van der Waals surface area (Å²) in [6.07, 6.45) is 0. The predicted octanol–water partition coefficient (Wildman–Crippen LogP) is -1.32. The highest BCUT2D eigenvalue weighted by atomic mass is 32.3. The van der Waals surface area contributed by atoms with E-state index in [1.54, 1.807) is 0 Å². The van der Waals surface area contributed by atoms with Gasteiger partial charge in [0.2, 0.25) is 0 Å². The smallest absolute Gasteiger partial charge is 0.275 e. The minimum atomic E-state index is -4.41. The van der Waals surface area contributed by atoms with E-state index in [1.165, 1.54) is 0 Å². The summed E-state index contributed by atoms with van der Waals surface area (Å²) in [5.41, 5.74) is 0. The summed E-state index contributed by atoms with van der Waals surface area (Å²) in [5.74, 6) is 5.66. The summed E-state index contributed by atoms with van der Waals surface area (Å²) in [7, 11) is -4.41. The zero-order valence-corrected chi connectivity index (χ0v) is 7.49. The summed E-state index contributed by atoms with van der Waals surface area (Å²) < 4.78 is 33.6. The Bertz CT molecular complexity index is 368. The molecule has 0 aromatic carbocycles. The predicted molar refractivity (Wildman–Crippen MR) is 42.5 cm³/mol. The maximum absolute atomic E-state index is 10.4. The molecule has 2 heterocycles. The average Bonchev–Trinajstić information content (AvgIpc) is 2.24. The van der Waals surface area contributed by atoms with Crippen LogP contribution in [-0.4, -0.2) is 48.7 Å². The molecular formula is C6H8N2O4S. The van der Waals surface area contributed by atoms with Crippen LogP contribution in [0.1, 0.15) is 0 Å². The molecule has 13 heavy (non-hydrogen) atoms. The third-order valence-electron chi connectivity index (χ3n) is 1.88. The van der Waals surface area contributed by atoms with E-state index in [0.29, 0.717) is 19.8 Å². The lowest BCUT2D eigenvalue weighted by molar-refractivity contribution is -0.0650. The van der Waals surface area contributed by atoms with Crippen LogP contribution in [0, 0.1) is 11.8 Å². The Morgan fingerprint density at radius 1 is 1.54 bits per heavy atom. The number of fused-ring (bicyclic) bond motifs is 2. The molecule has 0 saturated carbocycles. The van der Waals surface area contributed by atoms with Gasteiger partial charge in [-0.25, -0.2) is 0 Å². The Labute approximate surface area is 76.0 Å². The number of nitrogens with zero attached hydrogens (tertiary/aromatic N) is 2. The van der Waals surface area contributed by atoms with E-state index in [1.807, 2.05) is 4.90 Å². The van der Waals surface area contributed by atoms with Crippen LogP contribution in [0.25, 0.3) is 0 Å². The first-order chi connectivity index (χ1) is 6.04. The molecule has 2 aliphatic heterocycles. The zero-order chi connectivity index (χ0) is 9.47. The van der Waals surface area contributed by atoms with Crippen molar-refractivity contribution in [2.45, 2.75) is 6.04 Å². The lowest BCUT2D eigenvalue weighted by atomic mass is 10.2. The molecule has 0 radical (unpaired) electrons. The molecule has 0 spiro atoms. The Morgan fingerprint density at radius 2 is 2.31 bits per heavy atom. The third kappa shape index (κ3) is 1.99. The summed E-state index contributed by atoms with van der Waals surface area (Å²) in [4.78, 5) is 1.92. The first-order valence-electron chi connectivity index (χ1n) is 3.69. The molecule has 7 heteroatoms. The normalized spacial score (nSPS) is 32.7. The molecule has 1 fully saturated rings. The van der Waals surface area contributed by atoms with Crippen molar-refractivity contribution in [2.75, 3.05) is 19.8 Å². The van der Waals surface area contributed by atoms with Gasteiger partial charge in [-0.3, -0.25) is 9.45 Å². The molecule has 6 nitrogen and oxygen atoms in total. The highest BCUT2D eigenvalue weighted by Gasteiger charge is 2.34. The summed E-state index contributed by atoms with van der Waals surface area (Å²) in [5, 5.41) is 1.16. The van der Waals surface area contributed by atoms with Crippen LogP contribution in [0.2, 0.25) is 0 Å². The molecule has 2 bridgehead atoms. The molecule has 0 aliphatic carbocycles. The Morgan fingerprint density at radius 3 is 2.92 bits per heavy atom. The Hall–Kier alpha value is -0.650. The molecular weight excluding hydrogens is 196 g/mol. The van der Waals surface area contributed by atoms with Crippen LogP contribution in [0.15, 0.2) is 0 Å². The van der Waals surface area contributed by atoms with Gasteiger partial charge in [0.05, 0.1) is 13.2 Å². The van der Waals surface area contributed by atoms with Crippen molar-refractivity contribution >= 4 is 10.4 Å². The fourth-order valence-corrected chi connectivity index (χ4v) is 1.79. The lowest BCUT2D eigenvalue weighted by Crippen LogP contribution is -2.32. The van der Waals surface area contributed by atoms with E-state index in [9.17, 15) is 8.42 Å². The van der Waals surface area contributed by atoms with E-state index in [0.717, 1.165) is 5.06 Å². The van der Waals surface area contributed by atoms with E-state index in [4.69, 9.17) is 4.55 Å². The first kappa shape index (κ1) is 8.93. The van der Waals surface area contributed by atoms with Gasteiger partial charge in [0, 0.05) is 6.54 Å². The van der Waals surface area contributed by atoms with Crippen LogP contribution in [0.5, 0.6) is 0 Å². The van der Waals surface area contributed by atoms with Gasteiger partial charge in [-0.15, -0.1) is 5.06 Å². The molecule has 2 unspecified atom stereocenters. The quantitative estimate of drug-likeness (QED) is 0.444. The van der Waals surface area contributed by atoms with Crippen LogP contribution >= 0.6 is 0 Å². The summed E-state index contributed by atoms with van der Waals surface area (Å²) >= 11 is 0. The molecule has 1 saturated heterocycles. The van der Waals surface area contributed by atoms with Crippen molar-refractivity contribution in [3.63, 3.8) is 0 Å². The van der Waals surface area contributed by atoms with Gasteiger partial charge in [0.15, 0.2) is 0 Å². The molecule has 0 aromatic heterocycles. The highest BCUT2D eigenvalue weighted by Crippen LogP contribution is 2.16. The van der Waals surface area contributed by atoms with Gasteiger partial charge in [-0.2, -0.15) is 12.7 Å². The Kier molecular flexibility index (Phi) is 2.02. The van der Waals surface area contributed by atoms with Crippen molar-refractivity contribution in [3.05, 3.63) is 0 Å². The largest absolute Gasteiger partial charge is 0.413 e. The van der Waals surface area contributed by atoms with Crippen molar-refractivity contribution in [1.29, 1.82) is 0 Å². The van der Waals surface area contributed by atoms with Gasteiger partial charge < -0.3 is 0 Å². The van der Waals surface area contributed by atoms with Crippen molar-refractivity contribution in [2.24, 2.45) is 0 Å². The number of hydrogen-bond acceptors (Lipinski definition) is 5. The topological polar surface area (TPSA) is 70.1 Å².